The summed E-state index contributed by atoms with van der Waals surface area (Å²) in [5.74, 6) is 0.610. The first-order chi connectivity index (χ1) is 27.9. The molecule has 8 nitrogen and oxygen atoms in total. The molecule has 0 amide bonds. The van der Waals surface area contributed by atoms with E-state index in [0.29, 0.717) is 24.1 Å². The van der Waals surface area contributed by atoms with Gasteiger partial charge in [-0.15, -0.1) is 0 Å². The number of ketones is 1. The molecule has 0 spiro atoms. The Kier molecular flexibility index (Phi) is 18.1. The summed E-state index contributed by atoms with van der Waals surface area (Å²) >= 11 is 0. The third-order valence-corrected chi connectivity index (χ3v) is 10.7. The van der Waals surface area contributed by atoms with Crippen molar-refractivity contribution >= 4 is 11.8 Å². The number of halogens is 2. The van der Waals surface area contributed by atoms with E-state index in [-0.39, 0.29) is 41.5 Å². The highest BCUT2D eigenvalue weighted by molar-refractivity contribution is 5.80. The summed E-state index contributed by atoms with van der Waals surface area (Å²) in [4.78, 5) is 27.4. The van der Waals surface area contributed by atoms with Gasteiger partial charge in [0.15, 0.2) is 12.4 Å². The molecular formula is C49H65F2N3O5. The molecule has 2 heterocycles. The van der Waals surface area contributed by atoms with E-state index in [0.717, 1.165) is 76.3 Å². The lowest BCUT2D eigenvalue weighted by molar-refractivity contribution is -0.139. The summed E-state index contributed by atoms with van der Waals surface area (Å²) in [6.07, 6.45) is 4.77. The number of carboxylic acid groups (broad SMARTS) is 1. The molecular weight excluding hydrogens is 749 g/mol. The quantitative estimate of drug-likeness (QED) is 0.146. The van der Waals surface area contributed by atoms with Gasteiger partial charge in [-0.05, 0) is 139 Å². The number of nitrogens with two attached hydrogens (primary N) is 1. The van der Waals surface area contributed by atoms with Crippen LogP contribution in [0.4, 0.5) is 8.78 Å². The number of hydrogen-bond donors (Lipinski definition) is 2. The van der Waals surface area contributed by atoms with Crippen LogP contribution in [0.15, 0.2) is 97.1 Å². The summed E-state index contributed by atoms with van der Waals surface area (Å²) in [6.45, 7) is 18.6. The van der Waals surface area contributed by atoms with Crippen molar-refractivity contribution in [2.75, 3.05) is 39.4 Å². The van der Waals surface area contributed by atoms with Crippen LogP contribution in [0.25, 0.3) is 0 Å². The molecule has 0 aliphatic carbocycles. The van der Waals surface area contributed by atoms with Crippen LogP contribution in [0.1, 0.15) is 95.9 Å². The van der Waals surface area contributed by atoms with Gasteiger partial charge in [0.25, 0.3) is 0 Å². The molecule has 2 aliphatic heterocycles. The molecule has 0 radical (unpaired) electrons. The monoisotopic (exact) mass is 813 g/mol. The van der Waals surface area contributed by atoms with Crippen LogP contribution in [-0.4, -0.2) is 72.1 Å². The van der Waals surface area contributed by atoms with Gasteiger partial charge in [-0.25, -0.2) is 13.6 Å². The average molecular weight is 814 g/mol. The molecule has 3 N–H and O–H groups in total. The van der Waals surface area contributed by atoms with Crippen molar-refractivity contribution in [3.63, 3.8) is 0 Å². The smallest absolute Gasteiger partial charge is 0.341 e. The third-order valence-electron chi connectivity index (χ3n) is 10.7. The highest BCUT2D eigenvalue weighted by Crippen LogP contribution is 2.26. The predicted octanol–water partition coefficient (Wildman–Crippen LogP) is 9.57. The number of benzene rings is 4. The number of carboxylic acids is 1. The fourth-order valence-electron chi connectivity index (χ4n) is 6.95. The largest absolute Gasteiger partial charge is 0.486 e. The Morgan fingerprint density at radius 1 is 0.610 bits per heavy atom. The Hall–Kier alpha value is -4.64. The number of carbonyl (C=O) groups excluding carboxylic acids is 1. The Balaban J connectivity index is 0.000000215. The first kappa shape index (κ1) is 47.0. The molecule has 4 aromatic rings. The molecule has 2 aliphatic rings. The minimum atomic E-state index is -0.963. The van der Waals surface area contributed by atoms with Gasteiger partial charge >= 0.3 is 5.97 Å². The number of nitrogens with zero attached hydrogens (tertiary/aromatic N) is 2. The second-order valence-electron chi connectivity index (χ2n) is 17.8. The second kappa shape index (κ2) is 22.7. The molecule has 4 aromatic carbocycles. The number of carbonyl (C=O) groups is 2. The van der Waals surface area contributed by atoms with E-state index in [1.165, 1.54) is 41.0 Å². The maximum absolute atomic E-state index is 13.0. The first-order valence-electron chi connectivity index (χ1n) is 20.8. The molecule has 0 bridgehead atoms. The number of hydrogen-bond acceptors (Lipinski definition) is 7. The predicted molar refractivity (Wildman–Crippen MR) is 232 cm³/mol. The van der Waals surface area contributed by atoms with E-state index >= 15 is 0 Å². The second-order valence-corrected chi connectivity index (χ2v) is 17.8. The van der Waals surface area contributed by atoms with E-state index in [2.05, 4.69) is 63.5 Å². The van der Waals surface area contributed by atoms with Gasteiger partial charge in [-0.2, -0.15) is 0 Å². The Morgan fingerprint density at radius 3 is 1.36 bits per heavy atom. The molecule has 0 atom stereocenters. The lowest BCUT2D eigenvalue weighted by Gasteiger charge is -2.31. The van der Waals surface area contributed by atoms with Crippen LogP contribution in [0.5, 0.6) is 11.5 Å². The van der Waals surface area contributed by atoms with Gasteiger partial charge in [0.1, 0.15) is 29.7 Å². The Morgan fingerprint density at radius 2 is 0.983 bits per heavy atom. The molecule has 0 aromatic heterocycles. The van der Waals surface area contributed by atoms with Crippen LogP contribution in [-0.2, 0) is 33.5 Å². The van der Waals surface area contributed by atoms with Gasteiger partial charge in [0.2, 0.25) is 0 Å². The van der Waals surface area contributed by atoms with Crippen molar-refractivity contribution in [3.8, 4) is 11.5 Å². The summed E-state index contributed by atoms with van der Waals surface area (Å²) in [5, 5.41) is 8.43. The zero-order chi connectivity index (χ0) is 43.0. The molecule has 0 saturated carbocycles. The van der Waals surface area contributed by atoms with Crippen LogP contribution in [0.3, 0.4) is 0 Å². The number of rotatable bonds is 12. The lowest BCUT2D eigenvalue weighted by Crippen LogP contribution is -2.39. The zero-order valence-corrected chi connectivity index (χ0v) is 35.9. The van der Waals surface area contributed by atoms with E-state index in [1.54, 1.807) is 12.1 Å². The number of Topliss-reactive ketones (excluding diaryl/α,β-unsaturated/α-hetero) is 1. The summed E-state index contributed by atoms with van der Waals surface area (Å²) in [5.41, 5.74) is 10.8. The Bertz CT molecular complexity index is 1840. The minimum absolute atomic E-state index is 0.103. The fraction of sp³-hybridized carbons (Fsp3) is 0.469. The van der Waals surface area contributed by atoms with Crippen molar-refractivity contribution in [2.24, 2.45) is 11.7 Å². The molecule has 6 rings (SSSR count). The molecule has 59 heavy (non-hydrogen) atoms. The van der Waals surface area contributed by atoms with Crippen molar-refractivity contribution < 1.29 is 33.0 Å². The molecule has 2 saturated heterocycles. The zero-order valence-electron chi connectivity index (χ0n) is 35.9. The molecule has 2 fully saturated rings. The number of ether oxygens (including phenoxy) is 2. The molecule has 10 heteroatoms. The van der Waals surface area contributed by atoms with Crippen molar-refractivity contribution in [2.45, 2.75) is 104 Å². The highest BCUT2D eigenvalue weighted by Gasteiger charge is 2.22. The van der Waals surface area contributed by atoms with E-state index in [1.807, 2.05) is 48.5 Å². The highest BCUT2D eigenvalue weighted by atomic mass is 19.1. The van der Waals surface area contributed by atoms with Gasteiger partial charge in [0, 0.05) is 25.6 Å². The van der Waals surface area contributed by atoms with Crippen LogP contribution < -0.4 is 15.2 Å². The van der Waals surface area contributed by atoms with E-state index in [4.69, 9.17) is 20.3 Å². The topological polar surface area (TPSA) is 105 Å². The Labute approximate surface area is 350 Å². The van der Waals surface area contributed by atoms with Crippen molar-refractivity contribution in [1.29, 1.82) is 0 Å². The summed E-state index contributed by atoms with van der Waals surface area (Å²) in [6, 6.07) is 29.3. The number of aliphatic carboxylic acids is 1. The number of likely N-dealkylation sites (tertiary alicyclic amines) is 2. The standard InChI is InChI=1S/C25H32FNO2.C12H17FN2.C12H16O3/c1-25(2,3)21-6-10-24(11-7-21)29-18-23(28)16-19-12-14-27(15-13-19)17-20-4-8-22(26)9-5-20;13-11-3-1-10(2-4-11)9-15-7-5-12(14)6-8-15;1-12(2,3)9-4-6-10(7-5-9)15-8-11(13)14/h4-11,19H,12-18H2,1-3H3;1-4,12H,5-9,14H2;4-7H,8H2,1-3H3,(H,13,14). The van der Waals surface area contributed by atoms with Crippen molar-refractivity contribution in [1.82, 2.24) is 9.80 Å². The molecule has 0 unspecified atom stereocenters. The van der Waals surface area contributed by atoms with E-state index in [9.17, 15) is 18.4 Å². The SMILES string of the molecule is CC(C)(C)c1ccc(OCC(=O)CC2CCN(Cc3ccc(F)cc3)CC2)cc1.CC(C)(C)c1ccc(OCC(=O)O)cc1.NC1CCN(Cc2ccc(F)cc2)CC1. The van der Waals surface area contributed by atoms with Crippen LogP contribution in [0, 0.1) is 17.6 Å². The first-order valence-corrected chi connectivity index (χ1v) is 20.8. The van der Waals surface area contributed by atoms with Gasteiger partial charge in [0.05, 0.1) is 0 Å². The number of piperidine rings is 2. The molecule has 320 valence electrons. The van der Waals surface area contributed by atoms with Crippen molar-refractivity contribution in [3.05, 3.63) is 131 Å². The van der Waals surface area contributed by atoms with E-state index < -0.39 is 5.97 Å². The van der Waals surface area contributed by atoms with Crippen LogP contribution >= 0.6 is 0 Å². The maximum atomic E-state index is 13.0. The summed E-state index contributed by atoms with van der Waals surface area (Å²) in [7, 11) is 0. The third kappa shape index (κ3) is 17.6. The van der Waals surface area contributed by atoms with Gasteiger partial charge in [-0.3, -0.25) is 14.6 Å². The maximum Gasteiger partial charge on any atom is 0.341 e. The summed E-state index contributed by atoms with van der Waals surface area (Å²) < 4.78 is 36.4. The minimum Gasteiger partial charge on any atom is -0.486 e. The van der Waals surface area contributed by atoms with Gasteiger partial charge in [-0.1, -0.05) is 90.1 Å². The van der Waals surface area contributed by atoms with Crippen LogP contribution in [0.2, 0.25) is 0 Å². The normalized spacial score (nSPS) is 15.6. The lowest BCUT2D eigenvalue weighted by atomic mass is 9.87. The van der Waals surface area contributed by atoms with Gasteiger partial charge < -0.3 is 20.3 Å². The average Bonchev–Trinajstić information content (AvgIpc) is 3.20. The fourth-order valence-corrected chi connectivity index (χ4v) is 6.95.